The Hall–Kier alpha value is -1.89. The number of carboxylic acid groups (broad SMARTS) is 1. The third-order valence-electron chi connectivity index (χ3n) is 4.66. The standard InChI is InChI=1S/C17H23NO5S/c1-17(16(20)21,13-7-3-2-4-8-13)12-18-15(19)11-24(22,23)14-9-5-6-10-14/h2-4,7-8,14H,5-6,9-12H2,1H3,(H,18,19)(H,20,21). The lowest BCUT2D eigenvalue weighted by Gasteiger charge is -2.25. The van der Waals surface area contributed by atoms with Gasteiger partial charge in [0.15, 0.2) is 9.84 Å². The van der Waals surface area contributed by atoms with Crippen molar-refractivity contribution >= 4 is 21.7 Å². The normalized spacial score (nSPS) is 18.0. The van der Waals surface area contributed by atoms with Gasteiger partial charge < -0.3 is 10.4 Å². The molecule has 1 fully saturated rings. The topological polar surface area (TPSA) is 101 Å². The minimum absolute atomic E-state index is 0.161. The molecule has 0 heterocycles. The average molecular weight is 353 g/mol. The number of hydrogen-bond donors (Lipinski definition) is 2. The van der Waals surface area contributed by atoms with Crippen molar-refractivity contribution in [1.29, 1.82) is 0 Å². The lowest BCUT2D eigenvalue weighted by atomic mass is 9.82. The summed E-state index contributed by atoms with van der Waals surface area (Å²) in [6.45, 7) is 1.35. The van der Waals surface area contributed by atoms with Gasteiger partial charge in [-0.05, 0) is 25.3 Å². The van der Waals surface area contributed by atoms with Gasteiger partial charge >= 0.3 is 5.97 Å². The minimum atomic E-state index is -3.47. The SMILES string of the molecule is CC(CNC(=O)CS(=O)(=O)C1CCCC1)(C(=O)O)c1ccccc1. The molecule has 1 aromatic carbocycles. The van der Waals surface area contributed by atoms with Crippen molar-refractivity contribution in [3.63, 3.8) is 0 Å². The summed E-state index contributed by atoms with van der Waals surface area (Å²) in [7, 11) is -3.47. The highest BCUT2D eigenvalue weighted by atomic mass is 32.2. The number of nitrogens with one attached hydrogen (secondary N) is 1. The maximum absolute atomic E-state index is 12.2. The molecular formula is C17H23NO5S. The van der Waals surface area contributed by atoms with Gasteiger partial charge in [-0.15, -0.1) is 0 Å². The van der Waals surface area contributed by atoms with Crippen LogP contribution in [0, 0.1) is 0 Å². The summed E-state index contributed by atoms with van der Waals surface area (Å²) < 4.78 is 24.4. The van der Waals surface area contributed by atoms with Crippen molar-refractivity contribution in [1.82, 2.24) is 5.32 Å². The minimum Gasteiger partial charge on any atom is -0.481 e. The first-order chi connectivity index (χ1) is 11.3. The summed E-state index contributed by atoms with van der Waals surface area (Å²) in [6, 6.07) is 8.58. The smallest absolute Gasteiger partial charge is 0.315 e. The number of rotatable bonds is 7. The second-order valence-electron chi connectivity index (χ2n) is 6.49. The van der Waals surface area contributed by atoms with Crippen molar-refractivity contribution in [2.45, 2.75) is 43.3 Å². The van der Waals surface area contributed by atoms with Crippen molar-refractivity contribution < 1.29 is 23.1 Å². The van der Waals surface area contributed by atoms with Gasteiger partial charge in [-0.2, -0.15) is 0 Å². The summed E-state index contributed by atoms with van der Waals surface area (Å²) >= 11 is 0. The zero-order valence-electron chi connectivity index (χ0n) is 13.7. The molecule has 2 N–H and O–H groups in total. The molecule has 0 saturated heterocycles. The van der Waals surface area contributed by atoms with E-state index in [0.717, 1.165) is 12.8 Å². The van der Waals surface area contributed by atoms with E-state index in [1.807, 2.05) is 0 Å². The largest absolute Gasteiger partial charge is 0.481 e. The number of amides is 1. The Morgan fingerprint density at radius 1 is 1.21 bits per heavy atom. The van der Waals surface area contributed by atoms with Crippen molar-refractivity contribution in [2.75, 3.05) is 12.3 Å². The zero-order chi connectivity index (χ0) is 17.8. The summed E-state index contributed by atoms with van der Waals surface area (Å²) in [4.78, 5) is 23.7. The van der Waals surface area contributed by atoms with Crippen LogP contribution >= 0.6 is 0 Å². The molecule has 0 radical (unpaired) electrons. The molecule has 0 spiro atoms. The molecule has 6 nitrogen and oxygen atoms in total. The summed E-state index contributed by atoms with van der Waals surface area (Å²) in [5, 5.41) is 11.6. The summed E-state index contributed by atoms with van der Waals surface area (Å²) in [6.07, 6.45) is 2.95. The molecular weight excluding hydrogens is 330 g/mol. The van der Waals surface area contributed by atoms with Gasteiger partial charge in [0.1, 0.15) is 11.2 Å². The summed E-state index contributed by atoms with van der Waals surface area (Å²) in [5.74, 6) is -2.31. The molecule has 2 rings (SSSR count). The average Bonchev–Trinajstić information content (AvgIpc) is 3.08. The van der Waals surface area contributed by atoms with Gasteiger partial charge in [-0.1, -0.05) is 43.2 Å². The molecule has 132 valence electrons. The lowest BCUT2D eigenvalue weighted by Crippen LogP contribution is -2.46. The van der Waals surface area contributed by atoms with E-state index < -0.39 is 38.1 Å². The monoisotopic (exact) mass is 353 g/mol. The van der Waals surface area contributed by atoms with Crippen LogP contribution in [0.15, 0.2) is 30.3 Å². The fraction of sp³-hybridized carbons (Fsp3) is 0.529. The first kappa shape index (κ1) is 18.4. The van der Waals surface area contributed by atoms with Gasteiger partial charge in [-0.25, -0.2) is 8.42 Å². The molecule has 0 aliphatic heterocycles. The van der Waals surface area contributed by atoms with E-state index >= 15 is 0 Å². The van der Waals surface area contributed by atoms with Gasteiger partial charge in [0, 0.05) is 6.54 Å². The predicted molar refractivity (Wildman–Crippen MR) is 90.5 cm³/mol. The molecule has 7 heteroatoms. The van der Waals surface area contributed by atoms with E-state index in [4.69, 9.17) is 0 Å². The molecule has 1 atom stereocenters. The van der Waals surface area contributed by atoms with Gasteiger partial charge in [0.25, 0.3) is 0 Å². The molecule has 1 aromatic rings. The Morgan fingerprint density at radius 3 is 2.33 bits per heavy atom. The Balaban J connectivity index is 2.02. The second-order valence-corrected chi connectivity index (χ2v) is 8.77. The highest BCUT2D eigenvalue weighted by Crippen LogP contribution is 2.26. The van der Waals surface area contributed by atoms with Gasteiger partial charge in [0.05, 0.1) is 5.25 Å². The van der Waals surface area contributed by atoms with Crippen LogP contribution < -0.4 is 5.32 Å². The molecule has 1 unspecified atom stereocenters. The van der Waals surface area contributed by atoms with Crippen molar-refractivity contribution in [2.24, 2.45) is 0 Å². The molecule has 1 saturated carbocycles. The zero-order valence-corrected chi connectivity index (χ0v) is 14.5. The number of benzene rings is 1. The fourth-order valence-electron chi connectivity index (χ4n) is 2.98. The predicted octanol–water partition coefficient (Wildman–Crippen LogP) is 1.50. The first-order valence-corrected chi connectivity index (χ1v) is 9.74. The number of carbonyl (C=O) groups excluding carboxylic acids is 1. The molecule has 0 aromatic heterocycles. The van der Waals surface area contributed by atoms with Crippen LogP contribution in [0.2, 0.25) is 0 Å². The number of carbonyl (C=O) groups is 2. The van der Waals surface area contributed by atoms with Crippen molar-refractivity contribution in [3.05, 3.63) is 35.9 Å². The third kappa shape index (κ3) is 4.14. The maximum Gasteiger partial charge on any atom is 0.315 e. The molecule has 1 aliphatic rings. The van der Waals surface area contributed by atoms with Crippen LogP contribution in [0.3, 0.4) is 0 Å². The van der Waals surface area contributed by atoms with E-state index in [2.05, 4.69) is 5.32 Å². The second kappa shape index (κ2) is 7.34. The Kier molecular flexibility index (Phi) is 5.64. The van der Waals surface area contributed by atoms with Crippen LogP contribution in [0.1, 0.15) is 38.2 Å². The van der Waals surface area contributed by atoms with Crippen LogP contribution in [-0.2, 0) is 24.8 Å². The quantitative estimate of drug-likeness (QED) is 0.774. The highest BCUT2D eigenvalue weighted by molar-refractivity contribution is 7.92. The van der Waals surface area contributed by atoms with Crippen LogP contribution in [0.5, 0.6) is 0 Å². The number of hydrogen-bond acceptors (Lipinski definition) is 4. The fourth-order valence-corrected chi connectivity index (χ4v) is 4.74. The number of aliphatic carboxylic acids is 1. The number of carboxylic acids is 1. The van der Waals surface area contributed by atoms with Crippen LogP contribution in [0.25, 0.3) is 0 Å². The lowest BCUT2D eigenvalue weighted by molar-refractivity contribution is -0.143. The molecule has 0 bridgehead atoms. The van der Waals surface area contributed by atoms with Crippen molar-refractivity contribution in [3.8, 4) is 0 Å². The van der Waals surface area contributed by atoms with Gasteiger partial charge in [0.2, 0.25) is 5.91 Å². The first-order valence-electron chi connectivity index (χ1n) is 8.03. The molecule has 24 heavy (non-hydrogen) atoms. The number of sulfone groups is 1. The van der Waals surface area contributed by atoms with E-state index in [1.165, 1.54) is 6.92 Å². The maximum atomic E-state index is 12.2. The van der Waals surface area contributed by atoms with Crippen LogP contribution in [-0.4, -0.2) is 42.9 Å². The van der Waals surface area contributed by atoms with Gasteiger partial charge in [-0.3, -0.25) is 9.59 Å². The summed E-state index contributed by atoms with van der Waals surface area (Å²) in [5.41, 5.74) is -0.759. The van der Waals surface area contributed by atoms with E-state index in [0.29, 0.717) is 18.4 Å². The Morgan fingerprint density at radius 2 is 1.79 bits per heavy atom. The molecule has 1 aliphatic carbocycles. The van der Waals surface area contributed by atoms with E-state index in [1.54, 1.807) is 30.3 Å². The highest BCUT2D eigenvalue weighted by Gasteiger charge is 2.36. The van der Waals surface area contributed by atoms with Crippen LogP contribution in [0.4, 0.5) is 0 Å². The van der Waals surface area contributed by atoms with E-state index in [9.17, 15) is 23.1 Å². The Labute approximate surface area is 142 Å². The molecule has 1 amide bonds. The van der Waals surface area contributed by atoms with E-state index in [-0.39, 0.29) is 6.54 Å². The third-order valence-corrected chi connectivity index (χ3v) is 6.82. The Bertz CT molecular complexity index is 695.